The summed E-state index contributed by atoms with van der Waals surface area (Å²) in [6.45, 7) is 6.24. The minimum atomic E-state index is -0.353. The van der Waals surface area contributed by atoms with Crippen LogP contribution >= 0.6 is 0 Å². The first-order chi connectivity index (χ1) is 8.08. The van der Waals surface area contributed by atoms with Gasteiger partial charge in [-0.15, -0.1) is 0 Å². The van der Waals surface area contributed by atoms with Crippen molar-refractivity contribution in [1.82, 2.24) is 0 Å². The number of carbonyl (C=O) groups excluding carboxylic acids is 1. The average Bonchev–Trinajstić information content (AvgIpc) is 2.31. The normalized spacial score (nSPS) is 11.9. The zero-order valence-electron chi connectivity index (χ0n) is 10.5. The van der Waals surface area contributed by atoms with Crippen LogP contribution in [-0.2, 0) is 4.74 Å². The fraction of sp³-hybridized carbons (Fsp3) is 0.462. The molecule has 1 rings (SSSR count). The molecule has 0 aliphatic heterocycles. The van der Waals surface area contributed by atoms with Crippen molar-refractivity contribution in [3.8, 4) is 5.75 Å². The molecule has 0 aliphatic rings. The molecule has 17 heavy (non-hydrogen) atoms. The predicted molar refractivity (Wildman–Crippen MR) is 67.2 cm³/mol. The summed E-state index contributed by atoms with van der Waals surface area (Å²) in [7, 11) is 0. The monoisotopic (exact) mass is 237 g/mol. The third kappa shape index (κ3) is 3.66. The molecule has 0 heterocycles. The van der Waals surface area contributed by atoms with E-state index in [1.807, 2.05) is 20.8 Å². The van der Waals surface area contributed by atoms with Crippen molar-refractivity contribution in [2.24, 2.45) is 0 Å². The van der Waals surface area contributed by atoms with E-state index < -0.39 is 0 Å². The number of ether oxygens (including phenoxy) is 2. The first-order valence-electron chi connectivity index (χ1n) is 5.81. The number of anilines is 1. The first kappa shape index (κ1) is 13.4. The van der Waals surface area contributed by atoms with Gasteiger partial charge in [0, 0.05) is 0 Å². The lowest BCUT2D eigenvalue weighted by Crippen LogP contribution is -2.14. The minimum Gasteiger partial charge on any atom is -0.492 e. The number of nitrogen functional groups attached to an aromatic ring is 1. The zero-order valence-corrected chi connectivity index (χ0v) is 10.5. The van der Waals surface area contributed by atoms with E-state index in [1.54, 1.807) is 18.2 Å². The molecule has 0 aliphatic carbocycles. The van der Waals surface area contributed by atoms with E-state index >= 15 is 0 Å². The van der Waals surface area contributed by atoms with Crippen molar-refractivity contribution in [2.75, 3.05) is 12.3 Å². The van der Waals surface area contributed by atoms with Gasteiger partial charge in [-0.25, -0.2) is 4.79 Å². The fourth-order valence-corrected chi connectivity index (χ4v) is 1.30. The van der Waals surface area contributed by atoms with Crippen LogP contribution in [-0.4, -0.2) is 18.7 Å². The van der Waals surface area contributed by atoms with Crippen LogP contribution in [0.3, 0.4) is 0 Å². The molecule has 0 radical (unpaired) electrons. The maximum absolute atomic E-state index is 11.7. The van der Waals surface area contributed by atoms with E-state index in [1.165, 1.54) is 0 Å². The van der Waals surface area contributed by atoms with Crippen LogP contribution in [0.4, 0.5) is 5.69 Å². The van der Waals surface area contributed by atoms with E-state index in [9.17, 15) is 4.79 Å². The topological polar surface area (TPSA) is 61.5 Å². The molecule has 1 atom stereocenters. The van der Waals surface area contributed by atoms with Crippen LogP contribution in [0.1, 0.15) is 37.6 Å². The molecule has 0 amide bonds. The highest BCUT2D eigenvalue weighted by atomic mass is 16.5. The highest BCUT2D eigenvalue weighted by molar-refractivity contribution is 5.91. The Morgan fingerprint density at radius 2 is 2.12 bits per heavy atom. The molecule has 0 fully saturated rings. The maximum Gasteiger partial charge on any atom is 0.338 e. The van der Waals surface area contributed by atoms with Crippen molar-refractivity contribution in [3.05, 3.63) is 23.8 Å². The second-order valence-electron chi connectivity index (χ2n) is 3.81. The van der Waals surface area contributed by atoms with Gasteiger partial charge in [-0.3, -0.25) is 0 Å². The molecule has 0 aromatic heterocycles. The van der Waals surface area contributed by atoms with Crippen LogP contribution < -0.4 is 10.5 Å². The summed E-state index contributed by atoms with van der Waals surface area (Å²) in [5, 5.41) is 0. The van der Waals surface area contributed by atoms with Crippen LogP contribution in [0.25, 0.3) is 0 Å². The van der Waals surface area contributed by atoms with Gasteiger partial charge in [0.25, 0.3) is 0 Å². The van der Waals surface area contributed by atoms with Gasteiger partial charge in [0.2, 0.25) is 0 Å². The number of nitrogens with two attached hydrogens (primary N) is 1. The van der Waals surface area contributed by atoms with Crippen molar-refractivity contribution in [3.63, 3.8) is 0 Å². The van der Waals surface area contributed by atoms with Gasteiger partial charge in [-0.1, -0.05) is 6.92 Å². The van der Waals surface area contributed by atoms with Gasteiger partial charge in [0.1, 0.15) is 5.75 Å². The molecule has 94 valence electrons. The number of rotatable bonds is 5. The largest absolute Gasteiger partial charge is 0.492 e. The fourth-order valence-electron chi connectivity index (χ4n) is 1.30. The molecular formula is C13H19NO3. The van der Waals surface area contributed by atoms with Crippen molar-refractivity contribution >= 4 is 11.7 Å². The summed E-state index contributed by atoms with van der Waals surface area (Å²) in [4.78, 5) is 11.7. The molecule has 1 aromatic carbocycles. The summed E-state index contributed by atoms with van der Waals surface area (Å²) in [5.74, 6) is 0.238. The lowest BCUT2D eigenvalue weighted by Gasteiger charge is -2.12. The summed E-state index contributed by atoms with van der Waals surface area (Å²) in [6, 6.07) is 4.92. The number of carbonyl (C=O) groups is 1. The number of hydrogen-bond acceptors (Lipinski definition) is 4. The highest BCUT2D eigenvalue weighted by Crippen LogP contribution is 2.23. The van der Waals surface area contributed by atoms with E-state index in [2.05, 4.69) is 0 Å². The van der Waals surface area contributed by atoms with Gasteiger partial charge in [-0.2, -0.15) is 0 Å². The summed E-state index contributed by atoms with van der Waals surface area (Å²) < 4.78 is 10.5. The molecular weight excluding hydrogens is 218 g/mol. The summed E-state index contributed by atoms with van der Waals surface area (Å²) >= 11 is 0. The Balaban J connectivity index is 2.79. The van der Waals surface area contributed by atoms with Crippen molar-refractivity contribution < 1.29 is 14.3 Å². The number of esters is 1. The van der Waals surface area contributed by atoms with Crippen molar-refractivity contribution in [2.45, 2.75) is 33.3 Å². The molecule has 4 heteroatoms. The van der Waals surface area contributed by atoms with Gasteiger partial charge in [0.15, 0.2) is 0 Å². The third-order valence-electron chi connectivity index (χ3n) is 2.43. The number of hydrogen-bond donors (Lipinski definition) is 1. The highest BCUT2D eigenvalue weighted by Gasteiger charge is 2.12. The second kappa shape index (κ2) is 6.13. The van der Waals surface area contributed by atoms with E-state index in [0.29, 0.717) is 23.6 Å². The van der Waals surface area contributed by atoms with E-state index in [0.717, 1.165) is 6.42 Å². The number of benzene rings is 1. The summed E-state index contributed by atoms with van der Waals surface area (Å²) in [5.41, 5.74) is 6.68. The van der Waals surface area contributed by atoms with E-state index in [4.69, 9.17) is 15.2 Å². The molecule has 0 unspecified atom stereocenters. The average molecular weight is 237 g/mol. The van der Waals surface area contributed by atoms with Gasteiger partial charge in [-0.05, 0) is 38.5 Å². The molecule has 0 saturated heterocycles. The molecule has 0 spiro atoms. The smallest absolute Gasteiger partial charge is 0.338 e. The molecule has 0 saturated carbocycles. The summed E-state index contributed by atoms with van der Waals surface area (Å²) in [6.07, 6.45) is 0.702. The Morgan fingerprint density at radius 3 is 2.65 bits per heavy atom. The quantitative estimate of drug-likeness (QED) is 0.631. The Kier molecular flexibility index (Phi) is 4.82. The second-order valence-corrected chi connectivity index (χ2v) is 3.81. The van der Waals surface area contributed by atoms with Crippen LogP contribution in [0, 0.1) is 0 Å². The van der Waals surface area contributed by atoms with Gasteiger partial charge in [0.05, 0.1) is 24.0 Å². The van der Waals surface area contributed by atoms with Crippen LogP contribution in [0.5, 0.6) is 5.75 Å². The standard InChI is InChI=1S/C13H19NO3/c1-4-9(3)17-13(15)10-6-7-12(16-5-2)11(14)8-10/h6-9H,4-5,14H2,1-3H3/t9-/m1/s1. The van der Waals surface area contributed by atoms with Crippen LogP contribution in [0.2, 0.25) is 0 Å². The Labute approximate surface area is 102 Å². The molecule has 4 nitrogen and oxygen atoms in total. The van der Waals surface area contributed by atoms with Crippen LogP contribution in [0.15, 0.2) is 18.2 Å². The zero-order chi connectivity index (χ0) is 12.8. The Morgan fingerprint density at radius 1 is 1.41 bits per heavy atom. The van der Waals surface area contributed by atoms with Crippen molar-refractivity contribution in [1.29, 1.82) is 0 Å². The van der Waals surface area contributed by atoms with E-state index in [-0.39, 0.29) is 12.1 Å². The third-order valence-corrected chi connectivity index (χ3v) is 2.43. The maximum atomic E-state index is 11.7. The molecule has 2 N–H and O–H groups in total. The minimum absolute atomic E-state index is 0.0877. The molecule has 1 aromatic rings. The van der Waals surface area contributed by atoms with Gasteiger partial charge < -0.3 is 15.2 Å². The lowest BCUT2D eigenvalue weighted by atomic mass is 10.2. The SMILES string of the molecule is CCOc1ccc(C(=O)O[C@H](C)CC)cc1N. The molecule has 0 bridgehead atoms. The predicted octanol–water partition coefficient (Wildman–Crippen LogP) is 2.62. The first-order valence-corrected chi connectivity index (χ1v) is 5.81. The van der Waals surface area contributed by atoms with Gasteiger partial charge >= 0.3 is 5.97 Å². The Hall–Kier alpha value is -1.71. The lowest BCUT2D eigenvalue weighted by molar-refractivity contribution is 0.0334. The Bertz CT molecular complexity index is 390.